The second kappa shape index (κ2) is 8.77. The first-order chi connectivity index (χ1) is 11.1. The largest absolute Gasteiger partial charge is 0.504 e. The van der Waals surface area contributed by atoms with Crippen LogP contribution in [0.2, 0.25) is 0 Å². The van der Waals surface area contributed by atoms with Crippen LogP contribution >= 0.6 is 0 Å². The van der Waals surface area contributed by atoms with Crippen molar-refractivity contribution in [3.63, 3.8) is 0 Å². The molecule has 0 aromatic heterocycles. The molecule has 0 aliphatic heterocycles. The van der Waals surface area contributed by atoms with Crippen molar-refractivity contribution in [2.75, 3.05) is 6.61 Å². The van der Waals surface area contributed by atoms with Crippen LogP contribution in [0.5, 0.6) is 11.5 Å². The first-order valence-corrected chi connectivity index (χ1v) is 8.68. The van der Waals surface area contributed by atoms with Crippen molar-refractivity contribution in [3.8, 4) is 11.5 Å². The predicted molar refractivity (Wildman–Crippen MR) is 90.4 cm³/mol. The number of hydrogen-bond donors (Lipinski definition) is 2. The van der Waals surface area contributed by atoms with E-state index in [9.17, 15) is 9.90 Å². The first-order valence-electron chi connectivity index (χ1n) is 8.68. The molecule has 128 valence electrons. The molecule has 0 heterocycles. The van der Waals surface area contributed by atoms with Gasteiger partial charge in [-0.1, -0.05) is 45.1 Å². The minimum Gasteiger partial charge on any atom is -0.504 e. The Balaban J connectivity index is 1.99. The molecule has 23 heavy (non-hydrogen) atoms. The van der Waals surface area contributed by atoms with E-state index in [1.807, 2.05) is 0 Å². The lowest BCUT2D eigenvalue weighted by Crippen LogP contribution is -2.44. The Kier molecular flexibility index (Phi) is 6.71. The van der Waals surface area contributed by atoms with Crippen molar-refractivity contribution >= 4 is 5.91 Å². The minimum absolute atomic E-state index is 0.0699. The maximum Gasteiger partial charge on any atom is 0.271 e. The Bertz CT molecular complexity index is 513. The average Bonchev–Trinajstić information content (AvgIpc) is 3.09. The van der Waals surface area contributed by atoms with Crippen molar-refractivity contribution < 1.29 is 14.6 Å². The SMILES string of the molecule is CCCCCCOc1cccc(C(=O)N(N)C2CCCC2)c1O. The van der Waals surface area contributed by atoms with Gasteiger partial charge in [0.2, 0.25) is 0 Å². The van der Waals surface area contributed by atoms with Gasteiger partial charge in [-0.15, -0.1) is 0 Å². The molecule has 5 nitrogen and oxygen atoms in total. The number of nitrogens with two attached hydrogens (primary N) is 1. The molecule has 1 fully saturated rings. The Morgan fingerprint density at radius 3 is 2.74 bits per heavy atom. The number of benzene rings is 1. The second-order valence-electron chi connectivity index (χ2n) is 6.21. The van der Waals surface area contributed by atoms with Crippen LogP contribution in [0.3, 0.4) is 0 Å². The lowest BCUT2D eigenvalue weighted by Gasteiger charge is -2.24. The fourth-order valence-electron chi connectivity index (χ4n) is 3.01. The average molecular weight is 320 g/mol. The van der Waals surface area contributed by atoms with Crippen LogP contribution in [0.15, 0.2) is 18.2 Å². The number of phenols is 1. The molecule has 1 amide bonds. The zero-order valence-electron chi connectivity index (χ0n) is 14.0. The molecule has 1 aliphatic rings. The Morgan fingerprint density at radius 2 is 2.04 bits per heavy atom. The summed E-state index contributed by atoms with van der Waals surface area (Å²) >= 11 is 0. The third-order valence-corrected chi connectivity index (χ3v) is 4.44. The number of rotatable bonds is 8. The molecule has 5 heteroatoms. The zero-order chi connectivity index (χ0) is 16.7. The standard InChI is InChI=1S/C18H28N2O3/c1-2-3-4-7-13-23-16-12-8-11-15(17(16)21)18(22)20(19)14-9-5-6-10-14/h8,11-12,14,21H,2-7,9-10,13,19H2,1H3. The maximum absolute atomic E-state index is 12.5. The summed E-state index contributed by atoms with van der Waals surface area (Å²) in [4.78, 5) is 12.5. The number of nitrogens with zero attached hydrogens (tertiary/aromatic N) is 1. The summed E-state index contributed by atoms with van der Waals surface area (Å²) < 4.78 is 5.62. The number of amides is 1. The summed E-state index contributed by atoms with van der Waals surface area (Å²) in [5.41, 5.74) is 0.213. The summed E-state index contributed by atoms with van der Waals surface area (Å²) in [5.74, 6) is 5.86. The number of para-hydroxylation sites is 1. The fraction of sp³-hybridized carbons (Fsp3) is 0.611. The smallest absolute Gasteiger partial charge is 0.271 e. The highest BCUT2D eigenvalue weighted by Crippen LogP contribution is 2.32. The highest BCUT2D eigenvalue weighted by Gasteiger charge is 2.27. The van der Waals surface area contributed by atoms with Crippen LogP contribution in [0.4, 0.5) is 0 Å². The van der Waals surface area contributed by atoms with Gasteiger partial charge in [0.1, 0.15) is 0 Å². The van der Waals surface area contributed by atoms with E-state index in [1.54, 1.807) is 18.2 Å². The van der Waals surface area contributed by atoms with E-state index in [-0.39, 0.29) is 23.3 Å². The van der Waals surface area contributed by atoms with Crippen molar-refractivity contribution in [1.29, 1.82) is 0 Å². The molecule has 1 saturated carbocycles. The van der Waals surface area contributed by atoms with Gasteiger partial charge in [0.25, 0.3) is 5.91 Å². The highest BCUT2D eigenvalue weighted by atomic mass is 16.5. The third-order valence-electron chi connectivity index (χ3n) is 4.44. The maximum atomic E-state index is 12.5. The van der Waals surface area contributed by atoms with Crippen LogP contribution in [-0.2, 0) is 0 Å². The lowest BCUT2D eigenvalue weighted by atomic mass is 10.1. The molecule has 3 N–H and O–H groups in total. The fourth-order valence-corrected chi connectivity index (χ4v) is 3.01. The van der Waals surface area contributed by atoms with Crippen LogP contribution in [0.1, 0.15) is 68.6 Å². The molecule has 1 aliphatic carbocycles. The van der Waals surface area contributed by atoms with E-state index >= 15 is 0 Å². The van der Waals surface area contributed by atoms with Crippen molar-refractivity contribution in [1.82, 2.24) is 5.01 Å². The molecule has 0 saturated heterocycles. The third kappa shape index (κ3) is 4.61. The molecule has 1 aromatic rings. The van der Waals surface area contributed by atoms with Gasteiger partial charge in [0.05, 0.1) is 12.2 Å². The van der Waals surface area contributed by atoms with Gasteiger partial charge in [-0.3, -0.25) is 9.80 Å². The molecule has 0 radical (unpaired) electrons. The minimum atomic E-state index is -0.342. The molecule has 0 spiro atoms. The van der Waals surface area contributed by atoms with Gasteiger partial charge >= 0.3 is 0 Å². The number of unbranched alkanes of at least 4 members (excludes halogenated alkanes) is 3. The van der Waals surface area contributed by atoms with Crippen LogP contribution in [0.25, 0.3) is 0 Å². The van der Waals surface area contributed by atoms with Crippen LogP contribution < -0.4 is 10.6 Å². The molecule has 1 aromatic carbocycles. The normalized spacial score (nSPS) is 14.9. The van der Waals surface area contributed by atoms with Crippen LogP contribution in [-0.4, -0.2) is 28.7 Å². The summed E-state index contributed by atoms with van der Waals surface area (Å²) in [7, 11) is 0. The van der Waals surface area contributed by atoms with Gasteiger partial charge in [0, 0.05) is 6.04 Å². The van der Waals surface area contributed by atoms with E-state index in [4.69, 9.17) is 10.6 Å². The number of ether oxygens (including phenoxy) is 1. The summed E-state index contributed by atoms with van der Waals surface area (Å²) in [6, 6.07) is 5.07. The van der Waals surface area contributed by atoms with E-state index in [2.05, 4.69) is 6.92 Å². The van der Waals surface area contributed by atoms with Gasteiger partial charge in [-0.2, -0.15) is 0 Å². The quantitative estimate of drug-likeness (QED) is 0.332. The molecule has 2 rings (SSSR count). The van der Waals surface area contributed by atoms with Crippen molar-refractivity contribution in [2.24, 2.45) is 5.84 Å². The summed E-state index contributed by atoms with van der Waals surface area (Å²) in [6.45, 7) is 2.70. The van der Waals surface area contributed by atoms with Gasteiger partial charge in [0.15, 0.2) is 11.5 Å². The number of phenolic OH excluding ortho intramolecular Hbond substituents is 1. The molecule has 0 atom stereocenters. The highest BCUT2D eigenvalue weighted by molar-refractivity contribution is 5.97. The van der Waals surface area contributed by atoms with E-state index in [1.165, 1.54) is 17.9 Å². The van der Waals surface area contributed by atoms with Gasteiger partial charge in [-0.25, -0.2) is 5.84 Å². The Labute approximate surface area is 138 Å². The van der Waals surface area contributed by atoms with Crippen LogP contribution in [0, 0.1) is 0 Å². The number of hydrogen-bond acceptors (Lipinski definition) is 4. The second-order valence-corrected chi connectivity index (χ2v) is 6.21. The van der Waals surface area contributed by atoms with Crippen molar-refractivity contribution in [3.05, 3.63) is 23.8 Å². The predicted octanol–water partition coefficient (Wildman–Crippen LogP) is 3.61. The van der Waals surface area contributed by atoms with E-state index in [0.717, 1.165) is 38.5 Å². The van der Waals surface area contributed by atoms with Gasteiger partial charge < -0.3 is 9.84 Å². The zero-order valence-corrected chi connectivity index (χ0v) is 14.0. The van der Waals surface area contributed by atoms with Gasteiger partial charge in [-0.05, 0) is 31.4 Å². The number of carbonyl (C=O) groups is 1. The number of carbonyl (C=O) groups excluding carboxylic acids is 1. The lowest BCUT2D eigenvalue weighted by molar-refractivity contribution is 0.0677. The molecular formula is C18H28N2O3. The molecular weight excluding hydrogens is 292 g/mol. The molecule has 0 bridgehead atoms. The number of aromatic hydroxyl groups is 1. The van der Waals surface area contributed by atoms with Crippen molar-refractivity contribution in [2.45, 2.75) is 64.3 Å². The Hall–Kier alpha value is -1.75. The number of hydrazine groups is 1. The first kappa shape index (κ1) is 17.6. The molecule has 0 unspecified atom stereocenters. The monoisotopic (exact) mass is 320 g/mol. The Morgan fingerprint density at radius 1 is 1.30 bits per heavy atom. The van der Waals surface area contributed by atoms with E-state index in [0.29, 0.717) is 12.4 Å². The van der Waals surface area contributed by atoms with E-state index < -0.39 is 0 Å². The summed E-state index contributed by atoms with van der Waals surface area (Å²) in [6.07, 6.45) is 8.44. The topological polar surface area (TPSA) is 75.8 Å². The summed E-state index contributed by atoms with van der Waals surface area (Å²) in [5, 5.41) is 11.6.